The second kappa shape index (κ2) is 8.86. The molecule has 0 atom stereocenters. The summed E-state index contributed by atoms with van der Waals surface area (Å²) in [5.74, 6) is 1.49. The van der Waals surface area contributed by atoms with E-state index in [2.05, 4.69) is 29.5 Å². The van der Waals surface area contributed by atoms with E-state index in [1.807, 2.05) is 18.2 Å². The molecule has 0 saturated carbocycles. The number of hydrogen-bond acceptors (Lipinski definition) is 7. The van der Waals surface area contributed by atoms with Crippen molar-refractivity contribution >= 4 is 50.7 Å². The molecule has 1 aromatic carbocycles. The molecule has 1 N–H and O–H groups in total. The van der Waals surface area contributed by atoms with Gasteiger partial charge in [-0.25, -0.2) is 23.4 Å². The van der Waals surface area contributed by atoms with Crippen LogP contribution in [0.2, 0.25) is 10.0 Å². The predicted molar refractivity (Wildman–Crippen MR) is 123 cm³/mol. The summed E-state index contributed by atoms with van der Waals surface area (Å²) in [5.41, 5.74) is 0.863. The average Bonchev–Trinajstić information content (AvgIpc) is 2.77. The topological polar surface area (TPSA) is 91.3 Å². The van der Waals surface area contributed by atoms with E-state index in [0.717, 1.165) is 32.0 Å². The molecular weight excluding hydrogens is 459 g/mol. The van der Waals surface area contributed by atoms with Gasteiger partial charge >= 0.3 is 0 Å². The summed E-state index contributed by atoms with van der Waals surface area (Å²) in [6.07, 6.45) is 4.67. The lowest BCUT2D eigenvalue weighted by molar-refractivity contribution is 0.601. The van der Waals surface area contributed by atoms with E-state index in [9.17, 15) is 8.42 Å². The Morgan fingerprint density at radius 2 is 1.61 bits per heavy atom. The highest BCUT2D eigenvalue weighted by Crippen LogP contribution is 2.29. The summed E-state index contributed by atoms with van der Waals surface area (Å²) in [6, 6.07) is 8.70. The highest BCUT2D eigenvalue weighted by molar-refractivity contribution is 7.92. The largest absolute Gasteiger partial charge is 0.353 e. The van der Waals surface area contributed by atoms with Crippen LogP contribution in [0.1, 0.15) is 5.56 Å². The molecule has 0 unspecified atom stereocenters. The minimum Gasteiger partial charge on any atom is -0.353 e. The van der Waals surface area contributed by atoms with Gasteiger partial charge in [0.15, 0.2) is 0 Å². The zero-order valence-electron chi connectivity index (χ0n) is 16.7. The van der Waals surface area contributed by atoms with E-state index in [-0.39, 0.29) is 15.6 Å². The molecule has 4 rings (SSSR count). The minimum absolute atomic E-state index is 0.0476. The first-order chi connectivity index (χ1) is 14.8. The molecule has 1 aliphatic rings. The number of nitrogens with zero attached hydrogens (tertiary/aromatic N) is 5. The van der Waals surface area contributed by atoms with Crippen molar-refractivity contribution in [2.45, 2.75) is 11.8 Å². The maximum absolute atomic E-state index is 12.7. The molecule has 1 aliphatic heterocycles. The predicted octanol–water partition coefficient (Wildman–Crippen LogP) is 3.61. The van der Waals surface area contributed by atoms with Gasteiger partial charge in [-0.3, -0.25) is 4.72 Å². The van der Waals surface area contributed by atoms with Crippen LogP contribution in [-0.2, 0) is 10.0 Å². The number of pyridine rings is 1. The van der Waals surface area contributed by atoms with Crippen molar-refractivity contribution in [2.24, 2.45) is 0 Å². The van der Waals surface area contributed by atoms with Crippen LogP contribution in [-0.4, -0.2) is 49.5 Å². The van der Waals surface area contributed by atoms with Crippen molar-refractivity contribution in [3.8, 4) is 0 Å². The van der Waals surface area contributed by atoms with E-state index in [0.29, 0.717) is 16.5 Å². The van der Waals surface area contributed by atoms with Gasteiger partial charge in [-0.2, -0.15) is 0 Å². The van der Waals surface area contributed by atoms with Crippen molar-refractivity contribution < 1.29 is 8.42 Å². The van der Waals surface area contributed by atoms with Gasteiger partial charge in [0.1, 0.15) is 10.7 Å². The second-order valence-electron chi connectivity index (χ2n) is 7.07. The molecule has 31 heavy (non-hydrogen) atoms. The van der Waals surface area contributed by atoms with Crippen molar-refractivity contribution in [3.05, 3.63) is 64.5 Å². The van der Waals surface area contributed by atoms with Gasteiger partial charge in [-0.05, 0) is 36.8 Å². The van der Waals surface area contributed by atoms with Crippen molar-refractivity contribution in [1.82, 2.24) is 15.0 Å². The van der Waals surface area contributed by atoms with Crippen LogP contribution in [0.5, 0.6) is 0 Å². The van der Waals surface area contributed by atoms with E-state index in [1.165, 1.54) is 24.5 Å². The number of benzene rings is 1. The van der Waals surface area contributed by atoms with Gasteiger partial charge < -0.3 is 9.80 Å². The summed E-state index contributed by atoms with van der Waals surface area (Å²) >= 11 is 12.1. The number of halogens is 2. The van der Waals surface area contributed by atoms with E-state index in [4.69, 9.17) is 23.2 Å². The van der Waals surface area contributed by atoms with Gasteiger partial charge in [0.25, 0.3) is 10.0 Å². The Morgan fingerprint density at radius 1 is 0.935 bits per heavy atom. The van der Waals surface area contributed by atoms with Crippen LogP contribution in [0.4, 0.5) is 17.5 Å². The first-order valence-electron chi connectivity index (χ1n) is 9.55. The maximum Gasteiger partial charge on any atom is 0.263 e. The Morgan fingerprint density at radius 3 is 2.26 bits per heavy atom. The first kappa shape index (κ1) is 21.6. The number of anilines is 3. The lowest BCUT2D eigenvalue weighted by atomic mass is 10.2. The zero-order chi connectivity index (χ0) is 22.0. The van der Waals surface area contributed by atoms with Gasteiger partial charge in [0.2, 0.25) is 5.95 Å². The molecule has 0 spiro atoms. The Balaban J connectivity index is 1.42. The summed E-state index contributed by atoms with van der Waals surface area (Å²) in [4.78, 5) is 17.3. The summed E-state index contributed by atoms with van der Waals surface area (Å²) in [6.45, 7) is 4.78. The Labute approximate surface area is 190 Å². The number of piperazine rings is 1. The van der Waals surface area contributed by atoms with Gasteiger partial charge in [0, 0.05) is 37.4 Å². The molecule has 0 aliphatic carbocycles. The Hall–Kier alpha value is -2.62. The van der Waals surface area contributed by atoms with Gasteiger partial charge in [-0.15, -0.1) is 0 Å². The second-order valence-corrected chi connectivity index (χ2v) is 9.54. The molecule has 8 nitrogen and oxygen atoms in total. The lowest BCUT2D eigenvalue weighted by Crippen LogP contribution is -2.47. The Kier molecular flexibility index (Phi) is 6.17. The molecular formula is C20H20Cl2N6O2S. The van der Waals surface area contributed by atoms with Crippen molar-refractivity contribution in [3.63, 3.8) is 0 Å². The fourth-order valence-electron chi connectivity index (χ4n) is 3.26. The molecule has 1 saturated heterocycles. The quantitative estimate of drug-likeness (QED) is 0.598. The number of aromatic nitrogens is 3. The van der Waals surface area contributed by atoms with Crippen LogP contribution >= 0.6 is 23.2 Å². The molecule has 2 aromatic heterocycles. The SMILES string of the molecule is Cc1cc(S(=O)(=O)Nc2cnc(N3CCN(c4ccccn4)CC3)nc2)c(Cl)cc1Cl. The average molecular weight is 479 g/mol. The van der Waals surface area contributed by atoms with E-state index >= 15 is 0 Å². The van der Waals surface area contributed by atoms with Crippen LogP contribution in [0.15, 0.2) is 53.8 Å². The molecule has 1 fully saturated rings. The Bertz CT molecular complexity index is 1170. The molecule has 0 amide bonds. The number of rotatable bonds is 5. The fraction of sp³-hybridized carbons (Fsp3) is 0.250. The van der Waals surface area contributed by atoms with Crippen molar-refractivity contribution in [2.75, 3.05) is 40.7 Å². The monoisotopic (exact) mass is 478 g/mol. The molecule has 0 bridgehead atoms. The van der Waals surface area contributed by atoms with Gasteiger partial charge in [0.05, 0.1) is 23.1 Å². The maximum atomic E-state index is 12.7. The first-order valence-corrected chi connectivity index (χ1v) is 11.8. The fourth-order valence-corrected chi connectivity index (χ4v) is 5.12. The highest BCUT2D eigenvalue weighted by Gasteiger charge is 2.22. The number of hydrogen-bond donors (Lipinski definition) is 1. The van der Waals surface area contributed by atoms with E-state index in [1.54, 1.807) is 13.1 Å². The standard InChI is InChI=1S/C20H20Cl2N6O2S/c1-14-10-18(17(22)11-16(14)21)31(29,30)26-15-12-24-20(25-13-15)28-8-6-27(7-9-28)19-4-2-3-5-23-19/h2-5,10-13,26H,6-9H2,1H3. The molecule has 3 heterocycles. The molecule has 11 heteroatoms. The van der Waals surface area contributed by atoms with Crippen LogP contribution in [0.25, 0.3) is 0 Å². The number of sulfonamides is 1. The molecule has 162 valence electrons. The summed E-state index contributed by atoms with van der Waals surface area (Å²) < 4.78 is 27.9. The van der Waals surface area contributed by atoms with Crippen molar-refractivity contribution in [1.29, 1.82) is 0 Å². The lowest BCUT2D eigenvalue weighted by Gasteiger charge is -2.35. The molecule has 3 aromatic rings. The minimum atomic E-state index is -3.91. The van der Waals surface area contributed by atoms with Crippen LogP contribution in [0, 0.1) is 6.92 Å². The highest BCUT2D eigenvalue weighted by atomic mass is 35.5. The smallest absolute Gasteiger partial charge is 0.263 e. The van der Waals surface area contributed by atoms with Crippen LogP contribution < -0.4 is 14.5 Å². The van der Waals surface area contributed by atoms with E-state index < -0.39 is 10.0 Å². The van der Waals surface area contributed by atoms with Crippen LogP contribution in [0.3, 0.4) is 0 Å². The third-order valence-corrected chi connectivity index (χ3v) is 7.18. The summed E-state index contributed by atoms with van der Waals surface area (Å²) in [5, 5.41) is 0.450. The normalized spacial score (nSPS) is 14.5. The number of nitrogens with one attached hydrogen (secondary N) is 1. The zero-order valence-corrected chi connectivity index (χ0v) is 19.0. The summed E-state index contributed by atoms with van der Waals surface area (Å²) in [7, 11) is -3.91. The molecule has 0 radical (unpaired) electrons. The third kappa shape index (κ3) is 4.84. The van der Waals surface area contributed by atoms with Gasteiger partial charge in [-0.1, -0.05) is 29.3 Å². The number of aryl methyl sites for hydroxylation is 1. The third-order valence-electron chi connectivity index (χ3n) is 4.93.